The van der Waals surface area contributed by atoms with Gasteiger partial charge in [0.25, 0.3) is 0 Å². The highest BCUT2D eigenvalue weighted by molar-refractivity contribution is 4.51. The van der Waals surface area contributed by atoms with Gasteiger partial charge in [-0.25, -0.2) is 0 Å². The Morgan fingerprint density at radius 2 is 0.467 bits per heavy atom. The lowest BCUT2D eigenvalue weighted by Gasteiger charge is -2.04. The van der Waals surface area contributed by atoms with Crippen molar-refractivity contribution in [1.29, 1.82) is 0 Å². The van der Waals surface area contributed by atoms with Crippen molar-refractivity contribution < 1.29 is 10.2 Å². The smallest absolute Gasteiger partial charge is 0.0431 e. The molecule has 2 N–H and O–H groups in total. The molecule has 0 radical (unpaired) electrons. The number of hydrogen-bond acceptors (Lipinski definition) is 2. The molecular weight excluding hydrogens is 368 g/mol. The minimum Gasteiger partial charge on any atom is -0.397 e. The van der Waals surface area contributed by atoms with Crippen molar-refractivity contribution in [3.05, 3.63) is 0 Å². The summed E-state index contributed by atoms with van der Waals surface area (Å²) in [6.07, 6.45) is 34.1. The minimum absolute atomic E-state index is 0.250. The molecule has 0 aromatic heterocycles. The van der Waals surface area contributed by atoms with E-state index in [9.17, 15) is 0 Å². The van der Waals surface area contributed by atoms with Crippen molar-refractivity contribution in [2.75, 3.05) is 13.2 Å². The maximum absolute atomic E-state index is 8.74. The first kappa shape index (κ1) is 32.1. The lowest BCUT2D eigenvalue weighted by atomic mass is 10.0. The molecule has 2 nitrogen and oxygen atoms in total. The second-order valence-electron chi connectivity index (χ2n) is 9.17. The van der Waals surface area contributed by atoms with E-state index in [0.717, 1.165) is 6.42 Å². The molecule has 0 aromatic carbocycles. The predicted molar refractivity (Wildman–Crippen MR) is 136 cm³/mol. The average Bonchev–Trinajstić information content (AvgIpc) is 2.75. The van der Waals surface area contributed by atoms with Crippen molar-refractivity contribution in [3.63, 3.8) is 0 Å². The van der Waals surface area contributed by atoms with Gasteiger partial charge in [0.15, 0.2) is 0 Å². The van der Waals surface area contributed by atoms with E-state index in [2.05, 4.69) is 6.92 Å². The van der Waals surface area contributed by atoms with Crippen LogP contribution in [0.2, 0.25) is 0 Å². The molecule has 0 aliphatic heterocycles. The number of aliphatic hydroxyl groups is 2. The number of unbranched alkanes of at least 4 members (excludes halogenated alkanes) is 23. The fraction of sp³-hybridized carbons (Fsp3) is 1.00. The molecule has 0 spiro atoms. The van der Waals surface area contributed by atoms with Gasteiger partial charge in [-0.1, -0.05) is 155 Å². The van der Waals surface area contributed by atoms with Crippen molar-refractivity contribution >= 4 is 0 Å². The molecule has 0 bridgehead atoms. The molecule has 0 atom stereocenters. The Labute approximate surface area is 191 Å². The normalized spacial score (nSPS) is 10.8. The van der Waals surface area contributed by atoms with Gasteiger partial charge in [-0.15, -0.1) is 0 Å². The van der Waals surface area contributed by atoms with E-state index in [4.69, 9.17) is 10.2 Å². The summed E-state index contributed by atoms with van der Waals surface area (Å²) in [5.74, 6) is 0. The number of rotatable bonds is 24. The summed E-state index contributed by atoms with van der Waals surface area (Å²) in [6, 6.07) is 0. The molecule has 2 heteroatoms. The standard InChI is InChI=1S/C26H54O.C2H6O/c1-2-3-4-5-6-7-8-9-10-11-12-13-14-15-16-17-18-19-20-21-22-23-24-25-26-27;1-2-3/h27H,2-26H2,1H3;3H,2H2,1H3. The van der Waals surface area contributed by atoms with E-state index < -0.39 is 0 Å². The third-order valence-electron chi connectivity index (χ3n) is 6.01. The summed E-state index contributed by atoms with van der Waals surface area (Å²) in [5.41, 5.74) is 0. The molecule has 0 rings (SSSR count). The van der Waals surface area contributed by atoms with Gasteiger partial charge in [0.05, 0.1) is 0 Å². The highest BCUT2D eigenvalue weighted by Crippen LogP contribution is 2.15. The van der Waals surface area contributed by atoms with Gasteiger partial charge in [0, 0.05) is 13.2 Å². The topological polar surface area (TPSA) is 40.5 Å². The third-order valence-corrected chi connectivity index (χ3v) is 6.01. The second-order valence-corrected chi connectivity index (χ2v) is 9.17. The third kappa shape index (κ3) is 35.4. The first-order valence-corrected chi connectivity index (χ1v) is 14.0. The monoisotopic (exact) mass is 428 g/mol. The van der Waals surface area contributed by atoms with Gasteiger partial charge < -0.3 is 10.2 Å². The van der Waals surface area contributed by atoms with Crippen molar-refractivity contribution in [2.24, 2.45) is 0 Å². The van der Waals surface area contributed by atoms with Crippen LogP contribution in [0.25, 0.3) is 0 Å². The van der Waals surface area contributed by atoms with Gasteiger partial charge in [-0.3, -0.25) is 0 Å². The Morgan fingerprint density at radius 3 is 0.633 bits per heavy atom. The zero-order valence-electron chi connectivity index (χ0n) is 21.3. The molecule has 0 fully saturated rings. The summed E-state index contributed by atoms with van der Waals surface area (Å²) < 4.78 is 0. The van der Waals surface area contributed by atoms with Crippen molar-refractivity contribution in [3.8, 4) is 0 Å². The van der Waals surface area contributed by atoms with Gasteiger partial charge in [-0.05, 0) is 13.3 Å². The average molecular weight is 429 g/mol. The number of hydrogen-bond donors (Lipinski definition) is 2. The van der Waals surface area contributed by atoms with Gasteiger partial charge in [0.1, 0.15) is 0 Å². The molecule has 0 saturated heterocycles. The van der Waals surface area contributed by atoms with Crippen molar-refractivity contribution in [1.82, 2.24) is 0 Å². The molecule has 0 heterocycles. The largest absolute Gasteiger partial charge is 0.397 e. The van der Waals surface area contributed by atoms with E-state index in [0.29, 0.717) is 6.61 Å². The summed E-state index contributed by atoms with van der Waals surface area (Å²) >= 11 is 0. The summed E-state index contributed by atoms with van der Waals surface area (Å²) in [6.45, 7) is 4.60. The molecule has 0 aliphatic rings. The molecule has 0 aromatic rings. The van der Waals surface area contributed by atoms with Crippen LogP contribution in [-0.2, 0) is 0 Å². The molecule has 184 valence electrons. The van der Waals surface area contributed by atoms with E-state index in [1.54, 1.807) is 6.92 Å². The van der Waals surface area contributed by atoms with Crippen LogP contribution < -0.4 is 0 Å². The fourth-order valence-corrected chi connectivity index (χ4v) is 4.07. The van der Waals surface area contributed by atoms with Crippen molar-refractivity contribution in [2.45, 2.75) is 168 Å². The maximum atomic E-state index is 8.74. The second kappa shape index (κ2) is 33.6. The van der Waals surface area contributed by atoms with Crippen LogP contribution in [0.15, 0.2) is 0 Å². The van der Waals surface area contributed by atoms with E-state index in [-0.39, 0.29) is 6.61 Å². The zero-order chi connectivity index (χ0) is 22.4. The van der Waals surface area contributed by atoms with Gasteiger partial charge >= 0.3 is 0 Å². The predicted octanol–water partition coefficient (Wildman–Crippen LogP) is 9.36. The lowest BCUT2D eigenvalue weighted by Crippen LogP contribution is -1.85. The lowest BCUT2D eigenvalue weighted by molar-refractivity contribution is 0.282. The van der Waals surface area contributed by atoms with Crippen LogP contribution in [0, 0.1) is 0 Å². The zero-order valence-corrected chi connectivity index (χ0v) is 21.3. The Kier molecular flexibility index (Phi) is 35.9. The molecular formula is C28H60O2. The Morgan fingerprint density at radius 1 is 0.300 bits per heavy atom. The first-order valence-electron chi connectivity index (χ1n) is 14.0. The quantitative estimate of drug-likeness (QED) is 0.150. The molecule has 0 aliphatic carbocycles. The van der Waals surface area contributed by atoms with Crippen LogP contribution in [-0.4, -0.2) is 23.4 Å². The van der Waals surface area contributed by atoms with Gasteiger partial charge in [-0.2, -0.15) is 0 Å². The van der Waals surface area contributed by atoms with Gasteiger partial charge in [0.2, 0.25) is 0 Å². The first-order chi connectivity index (χ1) is 14.8. The highest BCUT2D eigenvalue weighted by Gasteiger charge is 1.95. The Balaban J connectivity index is 0. The minimum atomic E-state index is 0.250. The summed E-state index contributed by atoms with van der Waals surface area (Å²) in [4.78, 5) is 0. The molecule has 0 saturated carbocycles. The van der Waals surface area contributed by atoms with Crippen LogP contribution in [0.4, 0.5) is 0 Å². The maximum Gasteiger partial charge on any atom is 0.0431 e. The molecule has 0 amide bonds. The summed E-state index contributed by atoms with van der Waals surface area (Å²) in [7, 11) is 0. The molecule has 30 heavy (non-hydrogen) atoms. The van der Waals surface area contributed by atoms with E-state index >= 15 is 0 Å². The molecule has 0 unspecified atom stereocenters. The van der Waals surface area contributed by atoms with Crippen LogP contribution >= 0.6 is 0 Å². The van der Waals surface area contributed by atoms with E-state index in [1.807, 2.05) is 0 Å². The Bertz CT molecular complexity index is 231. The number of aliphatic hydroxyl groups excluding tert-OH is 2. The fourth-order valence-electron chi connectivity index (χ4n) is 4.07. The SMILES string of the molecule is CCCCCCCCCCCCCCCCCCCCCCCCCCO.CCO. The van der Waals surface area contributed by atoms with Crippen LogP contribution in [0.5, 0.6) is 0 Å². The van der Waals surface area contributed by atoms with Crippen LogP contribution in [0.3, 0.4) is 0 Å². The highest BCUT2D eigenvalue weighted by atomic mass is 16.3. The summed E-state index contributed by atoms with van der Waals surface area (Å²) in [5, 5.41) is 16.3. The van der Waals surface area contributed by atoms with Crippen LogP contribution in [0.1, 0.15) is 168 Å². The van der Waals surface area contributed by atoms with E-state index in [1.165, 1.54) is 148 Å². The Hall–Kier alpha value is -0.0800.